The van der Waals surface area contributed by atoms with Crippen LogP contribution in [-0.2, 0) is 10.0 Å². The Bertz CT molecular complexity index is 765. The summed E-state index contributed by atoms with van der Waals surface area (Å²) in [6, 6.07) is 7.95. The number of nitrogens with one attached hydrogen (secondary N) is 1. The largest absolute Gasteiger partial charge is 0.277 e. The number of hydrogen-bond acceptors (Lipinski definition) is 4. The average molecular weight is 378 g/mol. The van der Waals surface area contributed by atoms with Crippen LogP contribution in [0.4, 0.5) is 5.69 Å². The maximum absolute atomic E-state index is 12.2. The Balaban J connectivity index is 2.42. The Morgan fingerprint density at radius 2 is 2.11 bits per heavy atom. The average Bonchev–Trinajstić information content (AvgIpc) is 2.79. The van der Waals surface area contributed by atoms with Gasteiger partial charge in [-0.2, -0.15) is 5.26 Å². The summed E-state index contributed by atoms with van der Waals surface area (Å²) in [6.45, 7) is 0. The minimum atomic E-state index is -3.72. The van der Waals surface area contributed by atoms with Gasteiger partial charge in [0.15, 0.2) is 4.21 Å². The Kier molecular flexibility index (Phi) is 4.16. The number of nitriles is 1. The topological polar surface area (TPSA) is 70.0 Å². The second-order valence-corrected chi connectivity index (χ2v) is 7.52. The van der Waals surface area contributed by atoms with E-state index in [0.29, 0.717) is 10.0 Å². The molecular formula is C11H6BrClN2O2S2. The molecule has 0 atom stereocenters. The predicted molar refractivity (Wildman–Crippen MR) is 79.0 cm³/mol. The van der Waals surface area contributed by atoms with Crippen LogP contribution in [0.2, 0.25) is 5.02 Å². The maximum atomic E-state index is 12.2. The lowest BCUT2D eigenvalue weighted by molar-refractivity contribution is 0.603. The second-order valence-electron chi connectivity index (χ2n) is 3.47. The highest BCUT2D eigenvalue weighted by Gasteiger charge is 2.20. The van der Waals surface area contributed by atoms with Gasteiger partial charge in [-0.1, -0.05) is 11.6 Å². The lowest BCUT2D eigenvalue weighted by atomic mass is 10.2. The van der Waals surface area contributed by atoms with Crippen molar-refractivity contribution in [3.05, 3.63) is 44.7 Å². The molecule has 0 saturated carbocycles. The Morgan fingerprint density at radius 1 is 1.37 bits per heavy atom. The molecule has 8 heteroatoms. The second kappa shape index (κ2) is 5.51. The summed E-state index contributed by atoms with van der Waals surface area (Å²) in [5.41, 5.74) is 0.508. The minimum Gasteiger partial charge on any atom is -0.277 e. The first kappa shape index (κ1) is 14.3. The molecule has 0 unspecified atom stereocenters. The quantitative estimate of drug-likeness (QED) is 0.883. The van der Waals surface area contributed by atoms with E-state index in [9.17, 15) is 8.42 Å². The molecule has 4 nitrogen and oxygen atoms in total. The van der Waals surface area contributed by atoms with Crippen molar-refractivity contribution in [1.82, 2.24) is 0 Å². The molecule has 2 aromatic rings. The minimum absolute atomic E-state index is 0.158. The van der Waals surface area contributed by atoms with Crippen molar-refractivity contribution in [3.63, 3.8) is 0 Å². The number of rotatable bonds is 3. The number of halogens is 2. The summed E-state index contributed by atoms with van der Waals surface area (Å²) in [7, 11) is -3.72. The van der Waals surface area contributed by atoms with Gasteiger partial charge in [-0.15, -0.1) is 11.3 Å². The van der Waals surface area contributed by atoms with E-state index < -0.39 is 10.0 Å². The van der Waals surface area contributed by atoms with Gasteiger partial charge >= 0.3 is 0 Å². The molecule has 2 rings (SSSR count). The van der Waals surface area contributed by atoms with Crippen LogP contribution in [0.15, 0.2) is 38.3 Å². The summed E-state index contributed by atoms with van der Waals surface area (Å²) < 4.78 is 27.3. The summed E-state index contributed by atoms with van der Waals surface area (Å²) in [5, 5.41) is 10.7. The van der Waals surface area contributed by atoms with E-state index in [1.807, 2.05) is 6.07 Å². The molecule has 1 heterocycles. The summed E-state index contributed by atoms with van der Waals surface area (Å²) >= 11 is 10.2. The normalized spacial score (nSPS) is 11.0. The van der Waals surface area contributed by atoms with Gasteiger partial charge in [0.2, 0.25) is 0 Å². The molecule has 1 aromatic carbocycles. The van der Waals surface area contributed by atoms with Gasteiger partial charge in [-0.25, -0.2) is 8.42 Å². The van der Waals surface area contributed by atoms with Crippen LogP contribution in [0.1, 0.15) is 5.56 Å². The van der Waals surface area contributed by atoms with Crippen LogP contribution in [0.25, 0.3) is 0 Å². The van der Waals surface area contributed by atoms with Crippen molar-refractivity contribution < 1.29 is 8.42 Å². The van der Waals surface area contributed by atoms with Gasteiger partial charge in [0.05, 0.1) is 22.3 Å². The van der Waals surface area contributed by atoms with Crippen molar-refractivity contribution in [2.45, 2.75) is 4.21 Å². The summed E-state index contributed by atoms with van der Waals surface area (Å²) in [6.07, 6.45) is 0. The van der Waals surface area contributed by atoms with Gasteiger partial charge in [0.25, 0.3) is 10.0 Å². The number of anilines is 1. The van der Waals surface area contributed by atoms with E-state index in [2.05, 4.69) is 20.7 Å². The molecule has 0 aliphatic heterocycles. The number of hydrogen-bond donors (Lipinski definition) is 1. The van der Waals surface area contributed by atoms with Crippen LogP contribution in [0.3, 0.4) is 0 Å². The molecule has 0 fully saturated rings. The number of thiophene rings is 1. The van der Waals surface area contributed by atoms with E-state index in [1.165, 1.54) is 18.2 Å². The molecule has 0 saturated heterocycles. The SMILES string of the molecule is N#Cc1ccc(Cl)c(NS(=O)(=O)c2sccc2Br)c1. The molecule has 0 amide bonds. The van der Waals surface area contributed by atoms with Crippen molar-refractivity contribution in [2.75, 3.05) is 4.72 Å². The van der Waals surface area contributed by atoms with Crippen molar-refractivity contribution in [2.24, 2.45) is 0 Å². The van der Waals surface area contributed by atoms with Crippen molar-refractivity contribution in [1.29, 1.82) is 5.26 Å². The third-order valence-electron chi connectivity index (χ3n) is 2.17. The third kappa shape index (κ3) is 3.09. The first-order chi connectivity index (χ1) is 8.94. The zero-order valence-corrected chi connectivity index (χ0v) is 13.2. The number of sulfonamides is 1. The standard InChI is InChI=1S/C11H6BrClN2O2S2/c12-8-3-4-18-11(8)19(16,17)15-10-5-7(6-14)1-2-9(10)13/h1-5,15H. The van der Waals surface area contributed by atoms with Gasteiger partial charge < -0.3 is 0 Å². The van der Waals surface area contributed by atoms with Crippen LogP contribution in [-0.4, -0.2) is 8.42 Å². The molecule has 19 heavy (non-hydrogen) atoms. The van der Waals surface area contributed by atoms with Crippen molar-refractivity contribution >= 4 is 54.6 Å². The highest BCUT2D eigenvalue weighted by molar-refractivity contribution is 9.10. The molecule has 0 spiro atoms. The van der Waals surface area contributed by atoms with E-state index in [4.69, 9.17) is 16.9 Å². The lowest BCUT2D eigenvalue weighted by Gasteiger charge is -2.08. The first-order valence-corrected chi connectivity index (χ1v) is 8.43. The molecule has 1 N–H and O–H groups in total. The van der Waals surface area contributed by atoms with Crippen LogP contribution < -0.4 is 4.72 Å². The van der Waals surface area contributed by atoms with Gasteiger partial charge in [0.1, 0.15) is 0 Å². The predicted octanol–water partition coefficient (Wildman–Crippen LogP) is 3.84. The molecule has 98 valence electrons. The molecule has 0 aliphatic rings. The third-order valence-corrected chi connectivity index (χ3v) is 6.53. The fourth-order valence-corrected chi connectivity index (χ4v) is 4.97. The van der Waals surface area contributed by atoms with Crippen molar-refractivity contribution in [3.8, 4) is 6.07 Å². The number of nitrogens with zero attached hydrogens (tertiary/aromatic N) is 1. The fourth-order valence-electron chi connectivity index (χ4n) is 1.34. The van der Waals surface area contributed by atoms with Gasteiger partial charge in [-0.3, -0.25) is 4.72 Å². The van der Waals surface area contributed by atoms with E-state index in [-0.39, 0.29) is 14.9 Å². The monoisotopic (exact) mass is 376 g/mol. The Morgan fingerprint density at radius 3 is 2.68 bits per heavy atom. The molecule has 1 aromatic heterocycles. The summed E-state index contributed by atoms with van der Waals surface area (Å²) in [4.78, 5) is 0. The molecule has 0 bridgehead atoms. The smallest absolute Gasteiger partial charge is 0.272 e. The van der Waals surface area contributed by atoms with E-state index >= 15 is 0 Å². The zero-order chi connectivity index (χ0) is 14.0. The Labute approximate surface area is 127 Å². The van der Waals surface area contributed by atoms with Gasteiger partial charge in [0, 0.05) is 4.47 Å². The highest BCUT2D eigenvalue weighted by atomic mass is 79.9. The van der Waals surface area contributed by atoms with Crippen LogP contribution in [0, 0.1) is 11.3 Å². The van der Waals surface area contributed by atoms with Gasteiger partial charge in [-0.05, 0) is 45.6 Å². The van der Waals surface area contributed by atoms with Crippen LogP contribution >= 0.6 is 38.9 Å². The molecule has 0 aliphatic carbocycles. The van der Waals surface area contributed by atoms with Crippen LogP contribution in [0.5, 0.6) is 0 Å². The lowest BCUT2D eigenvalue weighted by Crippen LogP contribution is -2.12. The van der Waals surface area contributed by atoms with E-state index in [0.717, 1.165) is 11.3 Å². The maximum Gasteiger partial charge on any atom is 0.272 e. The number of benzene rings is 1. The molecular weight excluding hydrogens is 372 g/mol. The molecule has 0 radical (unpaired) electrons. The highest BCUT2D eigenvalue weighted by Crippen LogP contribution is 2.31. The first-order valence-electron chi connectivity index (χ1n) is 4.89. The fraction of sp³-hybridized carbons (Fsp3) is 0. The Hall–Kier alpha value is -1.07. The summed E-state index contributed by atoms with van der Waals surface area (Å²) in [5.74, 6) is 0. The van der Waals surface area contributed by atoms with E-state index in [1.54, 1.807) is 11.4 Å². The zero-order valence-electron chi connectivity index (χ0n) is 9.22.